The third-order valence-corrected chi connectivity index (χ3v) is 4.35. The summed E-state index contributed by atoms with van der Waals surface area (Å²) in [6, 6.07) is 7.01. The van der Waals surface area contributed by atoms with Gasteiger partial charge in [-0.2, -0.15) is 0 Å². The lowest BCUT2D eigenvalue weighted by molar-refractivity contribution is -0.122. The van der Waals surface area contributed by atoms with Crippen LogP contribution < -0.4 is 11.1 Å². The largest absolute Gasteiger partial charge is 0.345 e. The molecular formula is C17H25N3O2. The van der Waals surface area contributed by atoms with E-state index in [9.17, 15) is 9.59 Å². The first-order valence-electron chi connectivity index (χ1n) is 7.73. The molecule has 2 amide bonds. The van der Waals surface area contributed by atoms with E-state index in [0.29, 0.717) is 11.3 Å². The summed E-state index contributed by atoms with van der Waals surface area (Å²) in [5.41, 5.74) is 7.01. The lowest BCUT2D eigenvalue weighted by atomic mass is 9.74. The Labute approximate surface area is 131 Å². The highest BCUT2D eigenvalue weighted by Crippen LogP contribution is 2.32. The van der Waals surface area contributed by atoms with E-state index in [1.165, 1.54) is 4.90 Å². The zero-order valence-electron chi connectivity index (χ0n) is 13.6. The quantitative estimate of drug-likeness (QED) is 0.899. The van der Waals surface area contributed by atoms with Crippen LogP contribution in [-0.2, 0) is 4.79 Å². The molecule has 2 atom stereocenters. The number of rotatable bonds is 3. The number of benzene rings is 1. The lowest BCUT2D eigenvalue weighted by Crippen LogP contribution is -2.51. The van der Waals surface area contributed by atoms with Crippen LogP contribution in [0.4, 0.5) is 5.69 Å². The number of hydrogen-bond acceptors (Lipinski definition) is 3. The van der Waals surface area contributed by atoms with Crippen LogP contribution in [0.1, 0.15) is 43.0 Å². The average molecular weight is 303 g/mol. The number of nitrogens with two attached hydrogens (primary N) is 1. The van der Waals surface area contributed by atoms with Gasteiger partial charge in [0.1, 0.15) is 0 Å². The van der Waals surface area contributed by atoms with Gasteiger partial charge in [-0.25, -0.2) is 0 Å². The maximum Gasteiger partial charge on any atom is 0.253 e. The zero-order chi connectivity index (χ0) is 16.3. The average Bonchev–Trinajstić information content (AvgIpc) is 2.46. The standard InChI is InChI=1S/C17H25N3O2/c1-17(18)10-5-4-9-14(17)15(21)19-13-8-6-7-12(11-13)16(22)20(2)3/h6-8,11,14H,4-5,9-10,18H2,1-3H3,(H,19,21). The van der Waals surface area contributed by atoms with Gasteiger partial charge in [-0.1, -0.05) is 18.9 Å². The van der Waals surface area contributed by atoms with Crippen molar-refractivity contribution in [2.45, 2.75) is 38.1 Å². The number of nitrogens with one attached hydrogen (secondary N) is 1. The minimum absolute atomic E-state index is 0.0563. The topological polar surface area (TPSA) is 75.4 Å². The van der Waals surface area contributed by atoms with Gasteiger partial charge >= 0.3 is 0 Å². The van der Waals surface area contributed by atoms with Gasteiger partial charge < -0.3 is 16.0 Å². The fraction of sp³-hybridized carbons (Fsp3) is 0.529. The number of carbonyl (C=O) groups excluding carboxylic acids is 2. The monoisotopic (exact) mass is 303 g/mol. The number of anilines is 1. The van der Waals surface area contributed by atoms with Gasteiger partial charge in [0.05, 0.1) is 5.92 Å². The summed E-state index contributed by atoms with van der Waals surface area (Å²) in [5.74, 6) is -0.328. The van der Waals surface area contributed by atoms with Crippen LogP contribution in [0.5, 0.6) is 0 Å². The second kappa shape index (κ2) is 6.48. The van der Waals surface area contributed by atoms with Crippen molar-refractivity contribution >= 4 is 17.5 Å². The van der Waals surface area contributed by atoms with Gasteiger partial charge in [0.15, 0.2) is 0 Å². The molecule has 0 aromatic heterocycles. The Morgan fingerprint density at radius 1 is 1.32 bits per heavy atom. The summed E-state index contributed by atoms with van der Waals surface area (Å²) in [6.45, 7) is 1.95. The molecule has 0 bridgehead atoms. The predicted octanol–water partition coefficient (Wildman–Crippen LogP) is 2.23. The fourth-order valence-electron chi connectivity index (χ4n) is 3.01. The number of amides is 2. The lowest BCUT2D eigenvalue weighted by Gasteiger charge is -2.37. The normalized spacial score (nSPS) is 24.6. The van der Waals surface area contributed by atoms with E-state index >= 15 is 0 Å². The number of carbonyl (C=O) groups is 2. The molecule has 0 saturated heterocycles. The van der Waals surface area contributed by atoms with Crippen molar-refractivity contribution in [3.8, 4) is 0 Å². The van der Waals surface area contributed by atoms with Crippen molar-refractivity contribution in [2.24, 2.45) is 11.7 Å². The number of nitrogens with zero attached hydrogens (tertiary/aromatic N) is 1. The highest BCUT2D eigenvalue weighted by Gasteiger charge is 2.37. The van der Waals surface area contributed by atoms with Crippen molar-refractivity contribution in [1.29, 1.82) is 0 Å². The molecule has 0 aliphatic heterocycles. The van der Waals surface area contributed by atoms with Gasteiger partial charge in [0, 0.05) is 30.9 Å². The Kier molecular flexibility index (Phi) is 4.86. The summed E-state index contributed by atoms with van der Waals surface area (Å²) in [6.07, 6.45) is 3.78. The van der Waals surface area contributed by atoms with Crippen molar-refractivity contribution in [2.75, 3.05) is 19.4 Å². The second-order valence-corrected chi connectivity index (χ2v) is 6.57. The molecule has 1 fully saturated rings. The zero-order valence-corrected chi connectivity index (χ0v) is 13.6. The van der Waals surface area contributed by atoms with Crippen LogP contribution in [0.2, 0.25) is 0 Å². The molecule has 1 aromatic carbocycles. The smallest absolute Gasteiger partial charge is 0.253 e. The number of hydrogen-bond donors (Lipinski definition) is 2. The molecule has 22 heavy (non-hydrogen) atoms. The maximum atomic E-state index is 12.5. The molecule has 5 heteroatoms. The Bertz CT molecular complexity index is 567. The van der Waals surface area contributed by atoms with E-state index < -0.39 is 5.54 Å². The molecule has 1 aliphatic carbocycles. The molecule has 1 aliphatic rings. The van der Waals surface area contributed by atoms with Crippen molar-refractivity contribution in [1.82, 2.24) is 4.90 Å². The Morgan fingerprint density at radius 2 is 2.05 bits per heavy atom. The highest BCUT2D eigenvalue weighted by molar-refractivity contribution is 5.97. The summed E-state index contributed by atoms with van der Waals surface area (Å²) in [5, 5.41) is 2.91. The van der Waals surface area contributed by atoms with Crippen LogP contribution in [0.15, 0.2) is 24.3 Å². The molecule has 2 rings (SSSR count). The molecular weight excluding hydrogens is 278 g/mol. The molecule has 0 spiro atoms. The molecule has 1 aromatic rings. The maximum absolute atomic E-state index is 12.5. The van der Waals surface area contributed by atoms with E-state index in [1.54, 1.807) is 38.4 Å². The van der Waals surface area contributed by atoms with E-state index in [2.05, 4.69) is 5.32 Å². The summed E-state index contributed by atoms with van der Waals surface area (Å²) >= 11 is 0. The van der Waals surface area contributed by atoms with Crippen LogP contribution in [0.3, 0.4) is 0 Å². The van der Waals surface area contributed by atoms with Crippen LogP contribution in [0.25, 0.3) is 0 Å². The second-order valence-electron chi connectivity index (χ2n) is 6.57. The van der Waals surface area contributed by atoms with Gasteiger partial charge in [-0.3, -0.25) is 9.59 Å². The van der Waals surface area contributed by atoms with Crippen molar-refractivity contribution in [3.63, 3.8) is 0 Å². The predicted molar refractivity (Wildman–Crippen MR) is 87.6 cm³/mol. The van der Waals surface area contributed by atoms with Gasteiger partial charge in [-0.05, 0) is 38.0 Å². The summed E-state index contributed by atoms with van der Waals surface area (Å²) in [4.78, 5) is 26.0. The summed E-state index contributed by atoms with van der Waals surface area (Å²) < 4.78 is 0. The highest BCUT2D eigenvalue weighted by atomic mass is 16.2. The van der Waals surface area contributed by atoms with Gasteiger partial charge in [0.2, 0.25) is 5.91 Å². The molecule has 2 unspecified atom stereocenters. The molecule has 1 saturated carbocycles. The van der Waals surface area contributed by atoms with E-state index in [4.69, 9.17) is 5.73 Å². The third kappa shape index (κ3) is 3.65. The third-order valence-electron chi connectivity index (χ3n) is 4.35. The van der Waals surface area contributed by atoms with Gasteiger partial charge in [-0.15, -0.1) is 0 Å². The van der Waals surface area contributed by atoms with E-state index in [0.717, 1.165) is 25.7 Å². The Morgan fingerprint density at radius 3 is 2.68 bits per heavy atom. The van der Waals surface area contributed by atoms with Crippen molar-refractivity contribution < 1.29 is 9.59 Å². The van der Waals surface area contributed by atoms with Crippen LogP contribution in [0, 0.1) is 5.92 Å². The molecule has 0 heterocycles. The minimum atomic E-state index is -0.459. The SMILES string of the molecule is CN(C)C(=O)c1cccc(NC(=O)C2CCCCC2(C)N)c1. The molecule has 5 nitrogen and oxygen atoms in total. The van der Waals surface area contributed by atoms with E-state index in [-0.39, 0.29) is 17.7 Å². The van der Waals surface area contributed by atoms with Crippen LogP contribution in [-0.4, -0.2) is 36.3 Å². The van der Waals surface area contributed by atoms with E-state index in [1.807, 2.05) is 6.92 Å². The molecule has 120 valence electrons. The summed E-state index contributed by atoms with van der Waals surface area (Å²) in [7, 11) is 3.41. The van der Waals surface area contributed by atoms with Crippen LogP contribution >= 0.6 is 0 Å². The Hall–Kier alpha value is -1.88. The minimum Gasteiger partial charge on any atom is -0.345 e. The first-order valence-corrected chi connectivity index (χ1v) is 7.73. The van der Waals surface area contributed by atoms with Gasteiger partial charge in [0.25, 0.3) is 5.91 Å². The molecule has 3 N–H and O–H groups in total. The first kappa shape index (κ1) is 16.5. The van der Waals surface area contributed by atoms with Crippen molar-refractivity contribution in [3.05, 3.63) is 29.8 Å². The fourth-order valence-corrected chi connectivity index (χ4v) is 3.01. The molecule has 0 radical (unpaired) electrons. The Balaban J connectivity index is 2.12. The first-order chi connectivity index (χ1) is 10.3.